The molecule has 31 heavy (non-hydrogen) atoms. The van der Waals surface area contributed by atoms with Crippen molar-refractivity contribution in [2.75, 3.05) is 18.8 Å². The average Bonchev–Trinajstić information content (AvgIpc) is 2.76. The largest absolute Gasteiger partial charge is 0.354 e. The summed E-state index contributed by atoms with van der Waals surface area (Å²) < 4.78 is 0. The normalized spacial score (nSPS) is 11.7. The molecule has 0 aliphatic heterocycles. The van der Waals surface area contributed by atoms with Gasteiger partial charge in [-0.1, -0.05) is 72.9 Å². The van der Waals surface area contributed by atoms with Crippen LogP contribution in [0, 0.1) is 0 Å². The van der Waals surface area contributed by atoms with Gasteiger partial charge in [-0.05, 0) is 43.0 Å². The Balaban J connectivity index is 1.99. The van der Waals surface area contributed by atoms with E-state index < -0.39 is 6.04 Å². The van der Waals surface area contributed by atoms with Gasteiger partial charge in [0, 0.05) is 28.9 Å². The maximum Gasteiger partial charge on any atom is 0.242 e. The molecule has 0 fully saturated rings. The predicted octanol–water partition coefficient (Wildman–Crippen LogP) is 5.60. The van der Waals surface area contributed by atoms with Gasteiger partial charge in [0.1, 0.15) is 6.04 Å². The number of halogens is 2. The quantitative estimate of drug-likeness (QED) is 0.402. The molecule has 168 valence electrons. The second-order valence-electron chi connectivity index (χ2n) is 7.37. The highest BCUT2D eigenvalue weighted by Crippen LogP contribution is 2.25. The standard InChI is InChI=1S/C24H30Cl2N2O2S/c1-3-4-13-27-24(30)18(2)28(14-12-19-8-6-5-7-9-19)23(29)17-31-16-20-10-11-21(25)15-22(20)26/h5-11,15,18H,3-4,12-14,16-17H2,1-2H3,(H,27,30)/t18-/m0/s1. The Morgan fingerprint density at radius 1 is 1.13 bits per heavy atom. The van der Waals surface area contributed by atoms with Crippen LogP contribution in [0.1, 0.15) is 37.8 Å². The number of carbonyl (C=O) groups excluding carboxylic acids is 2. The third-order valence-electron chi connectivity index (χ3n) is 4.98. The zero-order valence-electron chi connectivity index (χ0n) is 18.1. The summed E-state index contributed by atoms with van der Waals surface area (Å²) in [7, 11) is 0. The van der Waals surface area contributed by atoms with Crippen molar-refractivity contribution < 1.29 is 9.59 Å². The van der Waals surface area contributed by atoms with E-state index in [4.69, 9.17) is 23.2 Å². The molecule has 7 heteroatoms. The van der Waals surface area contributed by atoms with Gasteiger partial charge >= 0.3 is 0 Å². The lowest BCUT2D eigenvalue weighted by atomic mass is 10.1. The molecule has 4 nitrogen and oxygen atoms in total. The Bertz CT molecular complexity index is 849. The van der Waals surface area contributed by atoms with Crippen molar-refractivity contribution in [1.29, 1.82) is 0 Å². The molecule has 2 aromatic rings. The number of hydrogen-bond donors (Lipinski definition) is 1. The van der Waals surface area contributed by atoms with Crippen LogP contribution in [0.15, 0.2) is 48.5 Å². The fourth-order valence-corrected chi connectivity index (χ4v) is 4.54. The Hall–Kier alpha value is -1.69. The molecule has 0 aromatic heterocycles. The number of benzene rings is 2. The SMILES string of the molecule is CCCCNC(=O)[C@H](C)N(CCc1ccccc1)C(=O)CSCc1ccc(Cl)cc1Cl. The van der Waals surface area contributed by atoms with Gasteiger partial charge in [-0.15, -0.1) is 11.8 Å². The summed E-state index contributed by atoms with van der Waals surface area (Å²) in [6.07, 6.45) is 2.64. The second kappa shape index (κ2) is 13.7. The number of nitrogens with zero attached hydrogens (tertiary/aromatic N) is 1. The maximum absolute atomic E-state index is 13.0. The number of amides is 2. The van der Waals surface area contributed by atoms with E-state index >= 15 is 0 Å². The van der Waals surface area contributed by atoms with E-state index in [1.165, 1.54) is 11.8 Å². The van der Waals surface area contributed by atoms with Crippen LogP contribution < -0.4 is 5.32 Å². The number of hydrogen-bond acceptors (Lipinski definition) is 3. The van der Waals surface area contributed by atoms with Crippen molar-refractivity contribution in [2.24, 2.45) is 0 Å². The molecule has 0 heterocycles. The van der Waals surface area contributed by atoms with Gasteiger partial charge in [0.15, 0.2) is 0 Å². The molecule has 0 radical (unpaired) electrons. The average molecular weight is 481 g/mol. The summed E-state index contributed by atoms with van der Waals surface area (Å²) in [4.78, 5) is 27.3. The van der Waals surface area contributed by atoms with Gasteiger partial charge in [0.05, 0.1) is 5.75 Å². The summed E-state index contributed by atoms with van der Waals surface area (Å²) in [6, 6.07) is 14.8. The minimum Gasteiger partial charge on any atom is -0.354 e. The highest BCUT2D eigenvalue weighted by Gasteiger charge is 2.25. The number of nitrogens with one attached hydrogen (secondary N) is 1. The van der Waals surface area contributed by atoms with Crippen LogP contribution >= 0.6 is 35.0 Å². The van der Waals surface area contributed by atoms with Gasteiger partial charge in [-0.25, -0.2) is 0 Å². The fourth-order valence-electron chi connectivity index (χ4n) is 3.08. The zero-order chi connectivity index (χ0) is 22.6. The summed E-state index contributed by atoms with van der Waals surface area (Å²) in [5, 5.41) is 4.12. The van der Waals surface area contributed by atoms with Crippen LogP contribution in [0.3, 0.4) is 0 Å². The number of carbonyl (C=O) groups is 2. The Morgan fingerprint density at radius 3 is 2.55 bits per heavy atom. The summed E-state index contributed by atoms with van der Waals surface area (Å²) >= 11 is 13.7. The lowest BCUT2D eigenvalue weighted by Crippen LogP contribution is -2.49. The van der Waals surface area contributed by atoms with Crippen molar-refractivity contribution in [3.05, 3.63) is 69.7 Å². The zero-order valence-corrected chi connectivity index (χ0v) is 20.4. The van der Waals surface area contributed by atoms with Crippen LogP contribution in [0.2, 0.25) is 10.0 Å². The molecule has 2 amide bonds. The molecule has 1 atom stereocenters. The number of thioether (sulfide) groups is 1. The van der Waals surface area contributed by atoms with E-state index in [1.807, 2.05) is 36.4 Å². The smallest absolute Gasteiger partial charge is 0.242 e. The lowest BCUT2D eigenvalue weighted by Gasteiger charge is -2.28. The Labute approximate surface area is 199 Å². The van der Waals surface area contributed by atoms with E-state index in [-0.39, 0.29) is 17.6 Å². The highest BCUT2D eigenvalue weighted by atomic mass is 35.5. The fraction of sp³-hybridized carbons (Fsp3) is 0.417. The van der Waals surface area contributed by atoms with Crippen LogP contribution in [-0.2, 0) is 21.8 Å². The van der Waals surface area contributed by atoms with Gasteiger partial charge < -0.3 is 10.2 Å². The van der Waals surface area contributed by atoms with Crippen molar-refractivity contribution >= 4 is 46.8 Å². The second-order valence-corrected chi connectivity index (χ2v) is 9.20. The van der Waals surface area contributed by atoms with Crippen LogP contribution in [0.25, 0.3) is 0 Å². The molecule has 2 aromatic carbocycles. The number of rotatable bonds is 12. The van der Waals surface area contributed by atoms with Crippen molar-refractivity contribution in [2.45, 2.75) is 44.9 Å². The number of unbranched alkanes of at least 4 members (excludes halogenated alkanes) is 1. The molecular formula is C24H30Cl2N2O2S. The first-order valence-electron chi connectivity index (χ1n) is 10.5. The van der Waals surface area contributed by atoms with E-state index in [1.54, 1.807) is 24.0 Å². The molecule has 1 N–H and O–H groups in total. The van der Waals surface area contributed by atoms with Crippen LogP contribution in [0.4, 0.5) is 0 Å². The predicted molar refractivity (Wildman–Crippen MR) is 132 cm³/mol. The van der Waals surface area contributed by atoms with E-state index in [2.05, 4.69) is 12.2 Å². The van der Waals surface area contributed by atoms with E-state index in [9.17, 15) is 9.59 Å². The molecule has 0 spiro atoms. The summed E-state index contributed by atoms with van der Waals surface area (Å²) in [6.45, 7) is 5.00. The third-order valence-corrected chi connectivity index (χ3v) is 6.53. The van der Waals surface area contributed by atoms with Gasteiger partial charge in [0.2, 0.25) is 11.8 Å². The highest BCUT2D eigenvalue weighted by molar-refractivity contribution is 7.99. The van der Waals surface area contributed by atoms with Crippen LogP contribution in [-0.4, -0.2) is 41.6 Å². The van der Waals surface area contributed by atoms with Crippen molar-refractivity contribution in [3.63, 3.8) is 0 Å². The van der Waals surface area contributed by atoms with E-state index in [0.717, 1.165) is 24.0 Å². The Morgan fingerprint density at radius 2 is 1.87 bits per heavy atom. The monoisotopic (exact) mass is 480 g/mol. The minimum atomic E-state index is -0.521. The minimum absolute atomic E-state index is 0.0517. The van der Waals surface area contributed by atoms with Gasteiger partial charge in [-0.2, -0.15) is 0 Å². The summed E-state index contributed by atoms with van der Waals surface area (Å²) in [5.41, 5.74) is 2.07. The first-order valence-corrected chi connectivity index (χ1v) is 12.5. The van der Waals surface area contributed by atoms with Crippen molar-refractivity contribution in [1.82, 2.24) is 10.2 Å². The first kappa shape index (κ1) is 25.6. The molecule has 0 unspecified atom stereocenters. The van der Waals surface area contributed by atoms with E-state index in [0.29, 0.717) is 35.3 Å². The Kier molecular flexibility index (Phi) is 11.3. The first-order chi connectivity index (χ1) is 14.9. The third kappa shape index (κ3) is 8.76. The van der Waals surface area contributed by atoms with Crippen LogP contribution in [0.5, 0.6) is 0 Å². The maximum atomic E-state index is 13.0. The lowest BCUT2D eigenvalue weighted by molar-refractivity contribution is -0.137. The van der Waals surface area contributed by atoms with Gasteiger partial charge in [0.25, 0.3) is 0 Å². The molecule has 0 saturated heterocycles. The van der Waals surface area contributed by atoms with Crippen molar-refractivity contribution in [3.8, 4) is 0 Å². The molecule has 0 aliphatic carbocycles. The molecule has 0 bridgehead atoms. The molecule has 2 rings (SSSR count). The van der Waals surface area contributed by atoms with Gasteiger partial charge in [-0.3, -0.25) is 9.59 Å². The molecular weight excluding hydrogens is 451 g/mol. The topological polar surface area (TPSA) is 49.4 Å². The molecule has 0 saturated carbocycles. The molecule has 0 aliphatic rings. The summed E-state index contributed by atoms with van der Waals surface area (Å²) in [5.74, 6) is 0.718.